The van der Waals surface area contributed by atoms with Crippen molar-refractivity contribution in [3.05, 3.63) is 23.2 Å². The molecule has 0 amide bonds. The molecule has 0 unspecified atom stereocenters. The van der Waals surface area contributed by atoms with Gasteiger partial charge in [0.2, 0.25) is 0 Å². The van der Waals surface area contributed by atoms with E-state index in [2.05, 4.69) is 21.0 Å². The highest BCUT2D eigenvalue weighted by atomic mass is 35.5. The molecular formula is C13H11ClF3N3O. The number of halogens is 4. The van der Waals surface area contributed by atoms with Crippen molar-refractivity contribution in [3.63, 3.8) is 0 Å². The number of alkyl halides is 3. The van der Waals surface area contributed by atoms with Crippen LogP contribution in [0.3, 0.4) is 0 Å². The zero-order chi connectivity index (χ0) is 15.5. The zero-order valence-electron chi connectivity index (χ0n) is 10.7. The number of ether oxygens (including phenoxy) is 1. The number of hydrogen-bond acceptors (Lipinski definition) is 2. The summed E-state index contributed by atoms with van der Waals surface area (Å²) < 4.78 is 41.1. The van der Waals surface area contributed by atoms with Gasteiger partial charge < -0.3 is 15.0 Å². The maximum atomic E-state index is 12.4. The number of terminal acetylenes is 1. The molecule has 112 valence electrons. The number of rotatable bonds is 3. The van der Waals surface area contributed by atoms with E-state index in [-0.39, 0.29) is 10.7 Å². The van der Waals surface area contributed by atoms with Gasteiger partial charge in [-0.3, -0.25) is 0 Å². The van der Waals surface area contributed by atoms with E-state index in [9.17, 15) is 13.2 Å². The molecule has 0 aliphatic carbocycles. The van der Waals surface area contributed by atoms with Crippen LogP contribution < -0.4 is 10.1 Å². The third kappa shape index (κ3) is 4.20. The summed E-state index contributed by atoms with van der Waals surface area (Å²) in [6.07, 6.45) is 0.431. The van der Waals surface area contributed by atoms with Gasteiger partial charge in [0.05, 0.1) is 6.54 Å². The van der Waals surface area contributed by atoms with Gasteiger partial charge in [-0.05, 0) is 18.2 Å². The number of nitrogens with zero attached hydrogens (tertiary/aromatic N) is 2. The van der Waals surface area contributed by atoms with Crippen LogP contribution in [0.1, 0.15) is 0 Å². The molecule has 0 bridgehead atoms. The van der Waals surface area contributed by atoms with Crippen molar-refractivity contribution in [2.45, 2.75) is 6.36 Å². The van der Waals surface area contributed by atoms with Gasteiger partial charge in [-0.25, -0.2) is 4.99 Å². The first kappa shape index (κ1) is 15.3. The second kappa shape index (κ2) is 6.14. The van der Waals surface area contributed by atoms with E-state index in [1.807, 2.05) is 0 Å². The molecular weight excluding hydrogens is 307 g/mol. The van der Waals surface area contributed by atoms with E-state index >= 15 is 0 Å². The first-order valence-electron chi connectivity index (χ1n) is 5.95. The molecule has 1 heterocycles. The fraction of sp³-hybridized carbons (Fsp3) is 0.308. The number of guanidine groups is 1. The molecule has 0 saturated carbocycles. The average Bonchev–Trinajstić information content (AvgIpc) is 2.79. The van der Waals surface area contributed by atoms with Crippen molar-refractivity contribution >= 4 is 23.2 Å². The van der Waals surface area contributed by atoms with Crippen LogP contribution in [0.2, 0.25) is 5.02 Å². The van der Waals surface area contributed by atoms with Crippen molar-refractivity contribution < 1.29 is 17.9 Å². The lowest BCUT2D eigenvalue weighted by molar-refractivity contribution is -0.274. The van der Waals surface area contributed by atoms with Crippen LogP contribution in [0.25, 0.3) is 0 Å². The molecule has 21 heavy (non-hydrogen) atoms. The van der Waals surface area contributed by atoms with Gasteiger partial charge in [0, 0.05) is 18.1 Å². The molecule has 4 nitrogen and oxygen atoms in total. The van der Waals surface area contributed by atoms with E-state index in [0.29, 0.717) is 25.6 Å². The van der Waals surface area contributed by atoms with Crippen molar-refractivity contribution in [2.24, 2.45) is 4.99 Å². The predicted molar refractivity (Wildman–Crippen MR) is 73.6 cm³/mol. The van der Waals surface area contributed by atoms with E-state index < -0.39 is 12.1 Å². The average molecular weight is 318 g/mol. The second-order valence-electron chi connectivity index (χ2n) is 4.15. The van der Waals surface area contributed by atoms with Crippen molar-refractivity contribution in [1.82, 2.24) is 10.2 Å². The summed E-state index contributed by atoms with van der Waals surface area (Å²) in [5, 5.41) is 3.20. The minimum atomic E-state index is -4.80. The van der Waals surface area contributed by atoms with E-state index in [1.54, 1.807) is 4.90 Å². The Morgan fingerprint density at radius 1 is 1.48 bits per heavy atom. The SMILES string of the molecule is C#CCN1CCN/C1=N\c1cc(Cl)ccc1OC(F)(F)F. The van der Waals surface area contributed by atoms with Crippen LogP contribution in [-0.4, -0.2) is 36.9 Å². The fourth-order valence-electron chi connectivity index (χ4n) is 1.80. The molecule has 0 atom stereocenters. The third-order valence-corrected chi connectivity index (χ3v) is 2.85. The molecule has 1 fully saturated rings. The lowest BCUT2D eigenvalue weighted by atomic mass is 10.3. The Bertz CT molecular complexity index is 595. The summed E-state index contributed by atoms with van der Waals surface area (Å²) in [6, 6.07) is 3.72. The largest absolute Gasteiger partial charge is 0.573 e. The number of aliphatic imine (C=N–C) groups is 1. The second-order valence-corrected chi connectivity index (χ2v) is 4.58. The van der Waals surface area contributed by atoms with E-state index in [4.69, 9.17) is 18.0 Å². The Morgan fingerprint density at radius 2 is 2.24 bits per heavy atom. The first-order valence-corrected chi connectivity index (χ1v) is 6.33. The zero-order valence-corrected chi connectivity index (χ0v) is 11.5. The van der Waals surface area contributed by atoms with Crippen molar-refractivity contribution in [3.8, 4) is 18.1 Å². The Kier molecular flexibility index (Phi) is 4.48. The number of benzene rings is 1. The molecule has 1 aromatic rings. The minimum absolute atomic E-state index is 0.0220. The lowest BCUT2D eigenvalue weighted by Gasteiger charge is -2.15. The summed E-state index contributed by atoms with van der Waals surface area (Å²) >= 11 is 5.80. The summed E-state index contributed by atoms with van der Waals surface area (Å²) in [7, 11) is 0. The number of nitrogens with one attached hydrogen (secondary N) is 1. The van der Waals surface area contributed by atoms with Gasteiger partial charge in [-0.1, -0.05) is 17.5 Å². The molecule has 0 radical (unpaired) electrons. The Balaban J connectivity index is 2.34. The third-order valence-electron chi connectivity index (χ3n) is 2.62. The van der Waals surface area contributed by atoms with Crippen molar-refractivity contribution in [2.75, 3.05) is 19.6 Å². The maximum Gasteiger partial charge on any atom is 0.573 e. The highest BCUT2D eigenvalue weighted by Crippen LogP contribution is 2.34. The molecule has 8 heteroatoms. The van der Waals surface area contributed by atoms with Gasteiger partial charge in [0.25, 0.3) is 0 Å². The molecule has 1 aromatic carbocycles. The molecule has 1 aliphatic heterocycles. The lowest BCUT2D eigenvalue weighted by Crippen LogP contribution is -2.30. The van der Waals surface area contributed by atoms with E-state index in [0.717, 1.165) is 6.07 Å². The van der Waals surface area contributed by atoms with Crippen LogP contribution in [-0.2, 0) is 0 Å². The quantitative estimate of drug-likeness (QED) is 0.871. The fourth-order valence-corrected chi connectivity index (χ4v) is 1.96. The van der Waals surface area contributed by atoms with Gasteiger partial charge >= 0.3 is 6.36 Å². The van der Waals surface area contributed by atoms with Crippen LogP contribution >= 0.6 is 11.6 Å². The molecule has 0 spiro atoms. The minimum Gasteiger partial charge on any atom is -0.403 e. The van der Waals surface area contributed by atoms with E-state index in [1.165, 1.54) is 12.1 Å². The van der Waals surface area contributed by atoms with Gasteiger partial charge in [0.15, 0.2) is 11.7 Å². The highest BCUT2D eigenvalue weighted by Gasteiger charge is 2.32. The Morgan fingerprint density at radius 3 is 2.90 bits per heavy atom. The normalized spacial score (nSPS) is 16.7. The summed E-state index contributed by atoms with van der Waals surface area (Å²) in [4.78, 5) is 5.86. The standard InChI is InChI=1S/C13H11ClF3N3O/c1-2-6-20-7-5-18-12(20)19-10-8-9(14)3-4-11(10)21-13(15,16)17/h1,3-4,8H,5-7H2,(H,18,19). The molecule has 0 aromatic heterocycles. The summed E-state index contributed by atoms with van der Waals surface area (Å²) in [6.45, 7) is 1.54. The van der Waals surface area contributed by atoms with Crippen LogP contribution in [0.15, 0.2) is 23.2 Å². The summed E-state index contributed by atoms with van der Waals surface area (Å²) in [5.41, 5.74) is -0.0220. The van der Waals surface area contributed by atoms with Crippen LogP contribution in [0.5, 0.6) is 5.75 Å². The highest BCUT2D eigenvalue weighted by molar-refractivity contribution is 6.30. The first-order chi connectivity index (χ1) is 9.89. The molecule has 2 rings (SSSR count). The topological polar surface area (TPSA) is 36.9 Å². The van der Waals surface area contributed by atoms with Crippen molar-refractivity contribution in [1.29, 1.82) is 0 Å². The van der Waals surface area contributed by atoms with Crippen LogP contribution in [0.4, 0.5) is 18.9 Å². The number of hydrogen-bond donors (Lipinski definition) is 1. The van der Waals surface area contributed by atoms with Gasteiger partial charge in [-0.15, -0.1) is 19.6 Å². The Labute approximate surface area is 124 Å². The maximum absolute atomic E-state index is 12.4. The molecule has 1 aliphatic rings. The summed E-state index contributed by atoms with van der Waals surface area (Å²) in [5.74, 6) is 2.43. The van der Waals surface area contributed by atoms with Gasteiger partial charge in [0.1, 0.15) is 5.69 Å². The molecule has 1 N–H and O–H groups in total. The smallest absolute Gasteiger partial charge is 0.403 e. The molecule has 1 saturated heterocycles. The monoisotopic (exact) mass is 317 g/mol. The Hall–Kier alpha value is -2.07. The predicted octanol–water partition coefficient (Wildman–Crippen LogP) is 2.76. The van der Waals surface area contributed by atoms with Crippen LogP contribution in [0, 0.1) is 12.3 Å². The van der Waals surface area contributed by atoms with Gasteiger partial charge in [-0.2, -0.15) is 0 Å².